The predicted octanol–water partition coefficient (Wildman–Crippen LogP) is 0.612. The molecule has 0 aromatic heterocycles. The molecule has 1 amide bonds. The SMILES string of the molecule is Cc1cc(O)c(C=O)cc1C(N)=O. The topological polar surface area (TPSA) is 80.4 Å². The Labute approximate surface area is 75.0 Å². The molecule has 0 aliphatic heterocycles. The van der Waals surface area contributed by atoms with Gasteiger partial charge in [-0.2, -0.15) is 0 Å². The van der Waals surface area contributed by atoms with Crippen molar-refractivity contribution in [2.45, 2.75) is 6.92 Å². The van der Waals surface area contributed by atoms with Gasteiger partial charge in [0.15, 0.2) is 6.29 Å². The van der Waals surface area contributed by atoms with Gasteiger partial charge in [0.2, 0.25) is 5.91 Å². The van der Waals surface area contributed by atoms with Gasteiger partial charge in [-0.3, -0.25) is 9.59 Å². The Kier molecular flexibility index (Phi) is 2.32. The molecular formula is C9H9NO3. The third-order valence-electron chi connectivity index (χ3n) is 1.77. The van der Waals surface area contributed by atoms with Gasteiger partial charge in [-0.05, 0) is 24.6 Å². The van der Waals surface area contributed by atoms with Crippen molar-refractivity contribution in [1.29, 1.82) is 0 Å². The number of phenols is 1. The summed E-state index contributed by atoms with van der Waals surface area (Å²) in [7, 11) is 0. The predicted molar refractivity (Wildman–Crippen MR) is 46.7 cm³/mol. The molecule has 0 bridgehead atoms. The van der Waals surface area contributed by atoms with E-state index in [0.717, 1.165) is 0 Å². The van der Waals surface area contributed by atoms with Crippen LogP contribution in [0.25, 0.3) is 0 Å². The summed E-state index contributed by atoms with van der Waals surface area (Å²) in [4.78, 5) is 21.2. The van der Waals surface area contributed by atoms with Crippen LogP contribution in [0.3, 0.4) is 0 Å². The number of carbonyl (C=O) groups excluding carboxylic acids is 2. The molecular weight excluding hydrogens is 170 g/mol. The van der Waals surface area contributed by atoms with Crippen LogP contribution in [0.15, 0.2) is 12.1 Å². The summed E-state index contributed by atoms with van der Waals surface area (Å²) in [5, 5.41) is 9.21. The van der Waals surface area contributed by atoms with Crippen molar-refractivity contribution in [3.8, 4) is 5.75 Å². The number of carbonyl (C=O) groups is 2. The number of rotatable bonds is 2. The van der Waals surface area contributed by atoms with Gasteiger partial charge in [-0.1, -0.05) is 0 Å². The average molecular weight is 179 g/mol. The van der Waals surface area contributed by atoms with E-state index in [9.17, 15) is 14.7 Å². The third-order valence-corrected chi connectivity index (χ3v) is 1.77. The molecule has 1 aromatic rings. The first-order valence-electron chi connectivity index (χ1n) is 3.65. The van der Waals surface area contributed by atoms with E-state index in [1.807, 2.05) is 0 Å². The normalized spacial score (nSPS) is 9.62. The largest absolute Gasteiger partial charge is 0.507 e. The first kappa shape index (κ1) is 9.25. The summed E-state index contributed by atoms with van der Waals surface area (Å²) >= 11 is 0. The fourth-order valence-corrected chi connectivity index (χ4v) is 1.07. The number of aromatic hydroxyl groups is 1. The first-order valence-corrected chi connectivity index (χ1v) is 3.65. The quantitative estimate of drug-likeness (QED) is 0.653. The van der Waals surface area contributed by atoms with Crippen molar-refractivity contribution in [1.82, 2.24) is 0 Å². The molecule has 1 aromatic carbocycles. The molecule has 68 valence electrons. The van der Waals surface area contributed by atoms with Gasteiger partial charge in [0.1, 0.15) is 5.75 Å². The van der Waals surface area contributed by atoms with E-state index in [2.05, 4.69) is 0 Å². The van der Waals surface area contributed by atoms with Gasteiger partial charge in [-0.15, -0.1) is 0 Å². The summed E-state index contributed by atoms with van der Waals surface area (Å²) in [6, 6.07) is 2.61. The molecule has 0 radical (unpaired) electrons. The molecule has 4 nitrogen and oxygen atoms in total. The summed E-state index contributed by atoms with van der Waals surface area (Å²) in [5.74, 6) is -0.752. The summed E-state index contributed by atoms with van der Waals surface area (Å²) < 4.78 is 0. The van der Waals surface area contributed by atoms with Crippen LogP contribution < -0.4 is 5.73 Å². The minimum Gasteiger partial charge on any atom is -0.507 e. The molecule has 13 heavy (non-hydrogen) atoms. The Hall–Kier alpha value is -1.84. The van der Waals surface area contributed by atoms with Gasteiger partial charge in [0, 0.05) is 5.56 Å². The number of amides is 1. The van der Waals surface area contributed by atoms with Crippen molar-refractivity contribution >= 4 is 12.2 Å². The Morgan fingerprint density at radius 3 is 2.62 bits per heavy atom. The Balaban J connectivity index is 3.38. The molecule has 0 aliphatic carbocycles. The Morgan fingerprint density at radius 2 is 2.15 bits per heavy atom. The van der Waals surface area contributed by atoms with Crippen molar-refractivity contribution in [2.24, 2.45) is 5.73 Å². The second-order valence-electron chi connectivity index (χ2n) is 2.71. The van der Waals surface area contributed by atoms with Gasteiger partial charge in [-0.25, -0.2) is 0 Å². The summed E-state index contributed by atoms with van der Waals surface area (Å²) in [6.07, 6.45) is 0.473. The number of hydrogen-bond donors (Lipinski definition) is 2. The first-order chi connectivity index (χ1) is 6.06. The van der Waals surface area contributed by atoms with Crippen LogP contribution in [0, 0.1) is 6.92 Å². The molecule has 0 atom stereocenters. The van der Waals surface area contributed by atoms with E-state index in [-0.39, 0.29) is 16.9 Å². The number of nitrogens with two attached hydrogens (primary N) is 1. The van der Waals surface area contributed by atoms with Crippen molar-refractivity contribution in [2.75, 3.05) is 0 Å². The van der Waals surface area contributed by atoms with E-state index in [1.165, 1.54) is 12.1 Å². The van der Waals surface area contributed by atoms with Crippen LogP contribution >= 0.6 is 0 Å². The molecule has 3 N–H and O–H groups in total. The van der Waals surface area contributed by atoms with Gasteiger partial charge in [0.05, 0.1) is 5.56 Å². The highest BCUT2D eigenvalue weighted by atomic mass is 16.3. The highest BCUT2D eigenvalue weighted by Crippen LogP contribution is 2.20. The second kappa shape index (κ2) is 3.26. The standard InChI is InChI=1S/C9H9NO3/c1-5-2-8(12)6(4-11)3-7(5)9(10)13/h2-4,12H,1H3,(H2,10,13). The van der Waals surface area contributed by atoms with Crippen molar-refractivity contribution < 1.29 is 14.7 Å². The lowest BCUT2D eigenvalue weighted by Crippen LogP contribution is -2.13. The van der Waals surface area contributed by atoms with Crippen LogP contribution in [0.5, 0.6) is 5.75 Å². The second-order valence-corrected chi connectivity index (χ2v) is 2.71. The minimum atomic E-state index is -0.611. The maximum absolute atomic E-state index is 10.8. The Bertz CT molecular complexity index is 371. The zero-order chi connectivity index (χ0) is 10.0. The molecule has 0 heterocycles. The molecule has 0 unspecified atom stereocenters. The zero-order valence-electron chi connectivity index (χ0n) is 7.07. The van der Waals surface area contributed by atoms with E-state index in [0.29, 0.717) is 11.8 Å². The van der Waals surface area contributed by atoms with E-state index in [4.69, 9.17) is 5.73 Å². The number of aryl methyl sites for hydroxylation is 1. The van der Waals surface area contributed by atoms with E-state index in [1.54, 1.807) is 6.92 Å². The highest BCUT2D eigenvalue weighted by molar-refractivity contribution is 5.96. The maximum atomic E-state index is 10.8. The molecule has 1 rings (SSSR count). The number of hydrogen-bond acceptors (Lipinski definition) is 3. The summed E-state index contributed by atoms with van der Waals surface area (Å²) in [5.41, 5.74) is 5.92. The fourth-order valence-electron chi connectivity index (χ4n) is 1.07. The van der Waals surface area contributed by atoms with E-state index < -0.39 is 5.91 Å². The number of aldehydes is 1. The molecule has 0 spiro atoms. The highest BCUT2D eigenvalue weighted by Gasteiger charge is 2.09. The lowest BCUT2D eigenvalue weighted by Gasteiger charge is -2.03. The molecule has 0 saturated heterocycles. The van der Waals surface area contributed by atoms with E-state index >= 15 is 0 Å². The van der Waals surface area contributed by atoms with Crippen LogP contribution in [0.2, 0.25) is 0 Å². The van der Waals surface area contributed by atoms with Crippen LogP contribution in [-0.4, -0.2) is 17.3 Å². The van der Waals surface area contributed by atoms with Crippen LogP contribution in [0.1, 0.15) is 26.3 Å². The maximum Gasteiger partial charge on any atom is 0.248 e. The zero-order valence-corrected chi connectivity index (χ0v) is 7.07. The molecule has 0 fully saturated rings. The third kappa shape index (κ3) is 1.66. The molecule has 0 saturated carbocycles. The monoisotopic (exact) mass is 179 g/mol. The number of benzene rings is 1. The van der Waals surface area contributed by atoms with Crippen molar-refractivity contribution in [3.05, 3.63) is 28.8 Å². The summed E-state index contributed by atoms with van der Waals surface area (Å²) in [6.45, 7) is 1.63. The van der Waals surface area contributed by atoms with Gasteiger partial charge >= 0.3 is 0 Å². The fraction of sp³-hybridized carbons (Fsp3) is 0.111. The van der Waals surface area contributed by atoms with Crippen LogP contribution in [-0.2, 0) is 0 Å². The molecule has 0 aliphatic rings. The number of primary amides is 1. The van der Waals surface area contributed by atoms with Gasteiger partial charge in [0.25, 0.3) is 0 Å². The van der Waals surface area contributed by atoms with Gasteiger partial charge < -0.3 is 10.8 Å². The lowest BCUT2D eigenvalue weighted by molar-refractivity contribution is 0.0999. The average Bonchev–Trinajstić information content (AvgIpc) is 2.03. The molecule has 4 heteroatoms. The van der Waals surface area contributed by atoms with Crippen LogP contribution in [0.4, 0.5) is 0 Å². The number of phenolic OH excluding ortho intramolecular Hbond substituents is 1. The minimum absolute atomic E-state index is 0.0689. The Morgan fingerprint density at radius 1 is 1.54 bits per heavy atom. The lowest BCUT2D eigenvalue weighted by atomic mass is 10.0. The smallest absolute Gasteiger partial charge is 0.248 e. The van der Waals surface area contributed by atoms with Crippen molar-refractivity contribution in [3.63, 3.8) is 0 Å².